The Morgan fingerprint density at radius 3 is 2.41 bits per heavy atom. The first-order valence-corrected chi connectivity index (χ1v) is 12.5. The van der Waals surface area contributed by atoms with E-state index in [1.165, 1.54) is 0 Å². The molecular weight excluding hydrogens is 489 g/mol. The summed E-state index contributed by atoms with van der Waals surface area (Å²) in [5.74, 6) is 0. The number of halogens is 3. The van der Waals surface area contributed by atoms with E-state index in [-0.39, 0.29) is 10.9 Å². The predicted octanol–water partition coefficient (Wildman–Crippen LogP) is 6.07. The zero-order valence-corrected chi connectivity index (χ0v) is 20.1. The maximum absolute atomic E-state index is 13.2. The number of nitrogens with zero attached hydrogens (tertiary/aromatic N) is 1. The van der Waals surface area contributed by atoms with E-state index in [0.717, 1.165) is 11.1 Å². The number of nitrogens with one attached hydrogen (secondary N) is 2. The van der Waals surface area contributed by atoms with Gasteiger partial charge in [0.2, 0.25) is 10.0 Å². The number of hydrogen-bond acceptors (Lipinski definition) is 4. The minimum absolute atomic E-state index is 0.112. The van der Waals surface area contributed by atoms with Crippen molar-refractivity contribution in [3.05, 3.63) is 98.5 Å². The molecule has 0 saturated carbocycles. The average Bonchev–Trinajstić information content (AvgIpc) is 3.23. The summed E-state index contributed by atoms with van der Waals surface area (Å²) in [6.45, 7) is 1.84. The Hall–Kier alpha value is -2.09. The highest BCUT2D eigenvalue weighted by Crippen LogP contribution is 2.33. The lowest BCUT2D eigenvalue weighted by molar-refractivity contribution is 0.576. The Kier molecular flexibility index (Phi) is 6.79. The van der Waals surface area contributed by atoms with Gasteiger partial charge in [-0.25, -0.2) is 8.42 Å². The third-order valence-electron chi connectivity index (χ3n) is 5.23. The van der Waals surface area contributed by atoms with Gasteiger partial charge in [-0.1, -0.05) is 65.1 Å². The summed E-state index contributed by atoms with van der Waals surface area (Å²) in [7, 11) is -3.85. The van der Waals surface area contributed by atoms with Gasteiger partial charge in [0.1, 0.15) is 0 Å². The normalized spacial score (nSPS) is 17.0. The molecule has 1 aliphatic heterocycles. The lowest BCUT2D eigenvalue weighted by atomic mass is 9.96. The number of hydrogen-bond donors (Lipinski definition) is 2. The van der Waals surface area contributed by atoms with E-state index in [9.17, 15) is 8.42 Å². The Balaban J connectivity index is 1.68. The Morgan fingerprint density at radius 2 is 1.72 bits per heavy atom. The summed E-state index contributed by atoms with van der Waals surface area (Å²) in [5, 5.41) is 5.93. The second-order valence-electron chi connectivity index (χ2n) is 7.58. The standard InChI is InChI=1S/C23H20Cl3N3O2S/c1-14-3-2-4-18(11-14)32(30,31)29-23(19-10-9-17(25)12-20(19)26)22-13-21(27-28-22)15-5-7-16(24)8-6-15/h2-12,21,23,27,29H,13H2,1H3. The molecule has 9 heteroatoms. The topological polar surface area (TPSA) is 70.6 Å². The molecule has 3 aromatic carbocycles. The van der Waals surface area contributed by atoms with Gasteiger partial charge in [0, 0.05) is 21.5 Å². The molecule has 0 aromatic heterocycles. The van der Waals surface area contributed by atoms with Gasteiger partial charge in [0.15, 0.2) is 0 Å². The first-order chi connectivity index (χ1) is 15.2. The number of rotatable bonds is 6. The fraction of sp³-hybridized carbons (Fsp3) is 0.174. The summed E-state index contributed by atoms with van der Waals surface area (Å²) < 4.78 is 29.2. The van der Waals surface area contributed by atoms with E-state index in [1.807, 2.05) is 37.3 Å². The van der Waals surface area contributed by atoms with Gasteiger partial charge >= 0.3 is 0 Å². The first kappa shape index (κ1) is 23.1. The van der Waals surface area contributed by atoms with Gasteiger partial charge in [0.05, 0.1) is 22.7 Å². The predicted molar refractivity (Wildman–Crippen MR) is 130 cm³/mol. The molecule has 5 nitrogen and oxygen atoms in total. The van der Waals surface area contributed by atoms with Crippen LogP contribution in [-0.2, 0) is 10.0 Å². The fourth-order valence-corrected chi connectivity index (χ4v) is 5.54. The second kappa shape index (κ2) is 9.41. The van der Waals surface area contributed by atoms with Crippen LogP contribution in [0.15, 0.2) is 76.7 Å². The molecule has 1 heterocycles. The summed E-state index contributed by atoms with van der Waals surface area (Å²) in [6.07, 6.45) is 0.488. The van der Waals surface area contributed by atoms with Crippen LogP contribution in [0.2, 0.25) is 15.1 Å². The van der Waals surface area contributed by atoms with Crippen molar-refractivity contribution in [2.24, 2.45) is 5.10 Å². The molecule has 2 unspecified atom stereocenters. The highest BCUT2D eigenvalue weighted by atomic mass is 35.5. The number of benzene rings is 3. The molecule has 166 valence electrons. The minimum Gasteiger partial charge on any atom is -0.302 e. The third kappa shape index (κ3) is 5.11. The summed E-state index contributed by atoms with van der Waals surface area (Å²) in [6, 6.07) is 18.3. The van der Waals surface area contributed by atoms with Crippen LogP contribution in [0.3, 0.4) is 0 Å². The van der Waals surface area contributed by atoms with Crippen molar-refractivity contribution in [3.63, 3.8) is 0 Å². The van der Waals surface area contributed by atoms with Crippen LogP contribution >= 0.6 is 34.8 Å². The third-order valence-corrected chi connectivity index (χ3v) is 7.46. The van der Waals surface area contributed by atoms with Crippen molar-refractivity contribution in [3.8, 4) is 0 Å². The van der Waals surface area contributed by atoms with Gasteiger partial charge in [-0.3, -0.25) is 0 Å². The van der Waals surface area contributed by atoms with Crippen LogP contribution in [0.25, 0.3) is 0 Å². The molecule has 3 aromatic rings. The molecular formula is C23H20Cl3N3O2S. The Bertz CT molecular complexity index is 1280. The lowest BCUT2D eigenvalue weighted by Crippen LogP contribution is -2.33. The van der Waals surface area contributed by atoms with Crippen molar-refractivity contribution in [2.45, 2.75) is 30.3 Å². The van der Waals surface area contributed by atoms with E-state index in [2.05, 4.69) is 15.2 Å². The van der Waals surface area contributed by atoms with Gasteiger partial charge in [-0.05, 0) is 60.0 Å². The molecule has 32 heavy (non-hydrogen) atoms. The van der Waals surface area contributed by atoms with Crippen molar-refractivity contribution < 1.29 is 8.42 Å². The van der Waals surface area contributed by atoms with Crippen molar-refractivity contribution >= 4 is 50.5 Å². The molecule has 0 radical (unpaired) electrons. The number of sulfonamides is 1. The second-order valence-corrected chi connectivity index (χ2v) is 10.6. The molecule has 2 atom stereocenters. The van der Waals surface area contributed by atoms with Crippen molar-refractivity contribution in [1.82, 2.24) is 10.1 Å². The van der Waals surface area contributed by atoms with Crippen LogP contribution in [0.5, 0.6) is 0 Å². The Morgan fingerprint density at radius 1 is 1.00 bits per heavy atom. The molecule has 0 aliphatic carbocycles. The van der Waals surface area contributed by atoms with Crippen molar-refractivity contribution in [2.75, 3.05) is 0 Å². The highest BCUT2D eigenvalue weighted by Gasteiger charge is 2.32. The molecule has 0 saturated heterocycles. The number of hydrazone groups is 1. The van der Waals surface area contributed by atoms with Crippen molar-refractivity contribution in [1.29, 1.82) is 0 Å². The average molecular weight is 509 g/mol. The maximum Gasteiger partial charge on any atom is 0.241 e. The molecule has 0 amide bonds. The molecule has 4 rings (SSSR count). The molecule has 0 bridgehead atoms. The van der Waals surface area contributed by atoms with Gasteiger partial charge in [-0.15, -0.1) is 0 Å². The van der Waals surface area contributed by atoms with Gasteiger partial charge < -0.3 is 5.43 Å². The Labute approximate surface area is 202 Å². The van der Waals surface area contributed by atoms with Gasteiger partial charge in [-0.2, -0.15) is 9.82 Å². The van der Waals surface area contributed by atoms with Crippen LogP contribution in [0.4, 0.5) is 0 Å². The largest absolute Gasteiger partial charge is 0.302 e. The van der Waals surface area contributed by atoms with Crippen LogP contribution in [0.1, 0.15) is 35.2 Å². The smallest absolute Gasteiger partial charge is 0.241 e. The van der Waals surface area contributed by atoms with E-state index < -0.39 is 16.1 Å². The summed E-state index contributed by atoms with van der Waals surface area (Å²) in [5.41, 5.74) is 6.13. The highest BCUT2D eigenvalue weighted by molar-refractivity contribution is 7.89. The molecule has 1 aliphatic rings. The van der Waals surface area contributed by atoms with Crippen LogP contribution < -0.4 is 10.1 Å². The molecule has 2 N–H and O–H groups in total. The molecule has 0 fully saturated rings. The van der Waals surface area contributed by atoms with E-state index in [0.29, 0.717) is 32.8 Å². The van der Waals surface area contributed by atoms with E-state index >= 15 is 0 Å². The monoisotopic (exact) mass is 507 g/mol. The summed E-state index contributed by atoms with van der Waals surface area (Å²) >= 11 is 18.5. The minimum atomic E-state index is -3.85. The number of aryl methyl sites for hydroxylation is 1. The first-order valence-electron chi connectivity index (χ1n) is 9.84. The SMILES string of the molecule is Cc1cccc(S(=O)(=O)NC(C2=NNC(c3ccc(Cl)cc3)C2)c2ccc(Cl)cc2Cl)c1. The van der Waals surface area contributed by atoms with Crippen LogP contribution in [0, 0.1) is 6.92 Å². The van der Waals surface area contributed by atoms with E-state index in [4.69, 9.17) is 34.8 Å². The maximum atomic E-state index is 13.2. The summed E-state index contributed by atoms with van der Waals surface area (Å²) in [4.78, 5) is 0.174. The van der Waals surface area contributed by atoms with E-state index in [1.54, 1.807) is 36.4 Å². The fourth-order valence-electron chi connectivity index (χ4n) is 3.58. The molecule has 0 spiro atoms. The quantitative estimate of drug-likeness (QED) is 0.425. The van der Waals surface area contributed by atoms with Crippen LogP contribution in [-0.4, -0.2) is 14.1 Å². The lowest BCUT2D eigenvalue weighted by Gasteiger charge is -2.21. The zero-order valence-electron chi connectivity index (χ0n) is 17.0. The van der Waals surface area contributed by atoms with Gasteiger partial charge in [0.25, 0.3) is 0 Å². The zero-order chi connectivity index (χ0) is 22.9.